The standard InChI is InChI=1S/C6H12N4O2/c7-4(6(11)12)2-1-3-5(8)10-9/h4H,1-3,7-8H2,(H,11,12)/t4-/m0/s1. The Morgan fingerprint density at radius 2 is 2.25 bits per heavy atom. The molecule has 0 saturated heterocycles. The molecular formula is C6H12N4O2. The largest absolute Gasteiger partial charge is 0.498 e. The van der Waals surface area contributed by atoms with Gasteiger partial charge in [0.25, 0.3) is 0 Å². The molecule has 68 valence electrons. The van der Waals surface area contributed by atoms with E-state index in [0.717, 1.165) is 0 Å². The molecule has 12 heavy (non-hydrogen) atoms. The average Bonchev–Trinajstić information content (AvgIpc) is 2.03. The van der Waals surface area contributed by atoms with E-state index in [9.17, 15) is 4.79 Å². The van der Waals surface area contributed by atoms with Gasteiger partial charge in [-0.15, -0.1) is 0 Å². The number of hydrogen-bond donors (Lipinski definition) is 3. The molecule has 0 saturated carbocycles. The van der Waals surface area contributed by atoms with Gasteiger partial charge in [0.05, 0.1) is 6.42 Å². The molecule has 0 spiro atoms. The van der Waals surface area contributed by atoms with Gasteiger partial charge in [0.2, 0.25) is 0 Å². The van der Waals surface area contributed by atoms with Crippen molar-refractivity contribution < 1.29 is 14.7 Å². The normalized spacial score (nSPS) is 11.8. The van der Waals surface area contributed by atoms with Gasteiger partial charge in [0.1, 0.15) is 6.04 Å². The maximum Gasteiger partial charge on any atom is 0.324 e. The summed E-state index contributed by atoms with van der Waals surface area (Å²) >= 11 is 0. The van der Waals surface area contributed by atoms with Crippen LogP contribution in [0.15, 0.2) is 0 Å². The highest BCUT2D eigenvalue weighted by molar-refractivity contribution is 5.75. The average molecular weight is 172 g/mol. The third-order valence-electron chi connectivity index (χ3n) is 1.39. The predicted molar refractivity (Wildman–Crippen MR) is 42.3 cm³/mol. The van der Waals surface area contributed by atoms with Crippen molar-refractivity contribution in [1.82, 2.24) is 0 Å². The zero-order valence-corrected chi connectivity index (χ0v) is 6.60. The quantitative estimate of drug-likeness (QED) is 0.216. The SMILES string of the molecule is [N-]=[N+]=C(N)CCC[C@H](N)C(=O)O. The highest BCUT2D eigenvalue weighted by Crippen LogP contribution is 1.97. The van der Waals surface area contributed by atoms with Gasteiger partial charge < -0.3 is 21.2 Å². The highest BCUT2D eigenvalue weighted by Gasteiger charge is 2.11. The topological polar surface area (TPSA) is 126 Å². The molecule has 0 aliphatic rings. The molecule has 6 heteroatoms. The summed E-state index contributed by atoms with van der Waals surface area (Å²) in [6.45, 7) is 0. The molecule has 0 unspecified atom stereocenters. The summed E-state index contributed by atoms with van der Waals surface area (Å²) < 4.78 is 0. The number of carboxylic acids is 1. The van der Waals surface area contributed by atoms with Crippen LogP contribution in [-0.4, -0.2) is 27.7 Å². The number of hydrogen-bond acceptors (Lipinski definition) is 2. The third-order valence-corrected chi connectivity index (χ3v) is 1.39. The summed E-state index contributed by atoms with van der Waals surface area (Å²) in [5, 5.41) is 8.37. The summed E-state index contributed by atoms with van der Waals surface area (Å²) in [6.07, 6.45) is 1.19. The molecule has 1 atom stereocenters. The molecule has 0 heterocycles. The lowest BCUT2D eigenvalue weighted by atomic mass is 10.1. The zero-order chi connectivity index (χ0) is 9.56. The van der Waals surface area contributed by atoms with Crippen molar-refractivity contribution in [2.45, 2.75) is 25.3 Å². The first kappa shape index (κ1) is 10.6. The van der Waals surface area contributed by atoms with E-state index in [1.165, 1.54) is 0 Å². The van der Waals surface area contributed by atoms with Crippen LogP contribution in [0.3, 0.4) is 0 Å². The van der Waals surface area contributed by atoms with Crippen LogP contribution in [0.5, 0.6) is 0 Å². The van der Waals surface area contributed by atoms with Crippen molar-refractivity contribution in [1.29, 1.82) is 0 Å². The van der Waals surface area contributed by atoms with Gasteiger partial charge in [-0.05, 0) is 12.8 Å². The minimum Gasteiger partial charge on any atom is -0.498 e. The monoisotopic (exact) mass is 172 g/mol. The Balaban J connectivity index is 3.57. The van der Waals surface area contributed by atoms with Crippen LogP contribution < -0.4 is 11.5 Å². The van der Waals surface area contributed by atoms with Crippen molar-refractivity contribution in [3.8, 4) is 0 Å². The number of aliphatic carboxylic acids is 1. The maximum absolute atomic E-state index is 10.2. The third kappa shape index (κ3) is 4.43. The second-order valence-electron chi connectivity index (χ2n) is 2.43. The molecule has 0 radical (unpaired) electrons. The van der Waals surface area contributed by atoms with Gasteiger partial charge in [0.15, 0.2) is 0 Å². The van der Waals surface area contributed by atoms with E-state index in [4.69, 9.17) is 22.1 Å². The highest BCUT2D eigenvalue weighted by atomic mass is 16.4. The Morgan fingerprint density at radius 3 is 2.67 bits per heavy atom. The molecule has 0 amide bonds. The van der Waals surface area contributed by atoms with Gasteiger partial charge in [-0.1, -0.05) is 0 Å². The second-order valence-corrected chi connectivity index (χ2v) is 2.43. The molecular weight excluding hydrogens is 160 g/mol. The van der Waals surface area contributed by atoms with Crippen LogP contribution >= 0.6 is 0 Å². The Morgan fingerprint density at radius 1 is 1.67 bits per heavy atom. The Labute approximate surface area is 69.8 Å². The number of nitrogens with zero attached hydrogens (tertiary/aromatic N) is 2. The minimum absolute atomic E-state index is 0.0904. The Kier molecular flexibility index (Phi) is 4.67. The van der Waals surface area contributed by atoms with Gasteiger partial charge in [-0.2, -0.15) is 0 Å². The maximum atomic E-state index is 10.2. The number of carbonyl (C=O) groups is 1. The van der Waals surface area contributed by atoms with Crippen molar-refractivity contribution in [3.05, 3.63) is 5.53 Å². The fourth-order valence-corrected chi connectivity index (χ4v) is 0.677. The molecule has 0 aliphatic carbocycles. The van der Waals surface area contributed by atoms with Crippen LogP contribution in [0.2, 0.25) is 0 Å². The van der Waals surface area contributed by atoms with Crippen LogP contribution in [-0.2, 0) is 4.79 Å². The summed E-state index contributed by atoms with van der Waals surface area (Å²) in [5.41, 5.74) is 18.5. The Hall–Kier alpha value is -1.39. The van der Waals surface area contributed by atoms with E-state index >= 15 is 0 Å². The number of carboxylic acid groups (broad SMARTS) is 1. The first-order valence-corrected chi connectivity index (χ1v) is 3.52. The minimum atomic E-state index is -1.03. The van der Waals surface area contributed by atoms with Crippen molar-refractivity contribution in [3.63, 3.8) is 0 Å². The molecule has 0 aromatic heterocycles. The van der Waals surface area contributed by atoms with Crippen LogP contribution in [0.4, 0.5) is 0 Å². The van der Waals surface area contributed by atoms with E-state index in [1.807, 2.05) is 0 Å². The van der Waals surface area contributed by atoms with Crippen molar-refractivity contribution in [2.75, 3.05) is 0 Å². The van der Waals surface area contributed by atoms with Crippen LogP contribution in [0.25, 0.3) is 5.53 Å². The summed E-state index contributed by atoms with van der Waals surface area (Å²) in [4.78, 5) is 12.9. The van der Waals surface area contributed by atoms with Crippen molar-refractivity contribution in [2.24, 2.45) is 11.5 Å². The van der Waals surface area contributed by atoms with Crippen molar-refractivity contribution >= 4 is 11.8 Å². The molecule has 5 N–H and O–H groups in total. The number of nitrogens with two attached hydrogens (primary N) is 2. The lowest BCUT2D eigenvalue weighted by Crippen LogP contribution is -2.30. The summed E-state index contributed by atoms with van der Waals surface area (Å²) in [7, 11) is 0. The van der Waals surface area contributed by atoms with Gasteiger partial charge in [-0.3, -0.25) is 10.5 Å². The lowest BCUT2D eigenvalue weighted by molar-refractivity contribution is -0.138. The molecule has 6 nitrogen and oxygen atoms in total. The molecule has 0 aromatic rings. The fourth-order valence-electron chi connectivity index (χ4n) is 0.677. The van der Waals surface area contributed by atoms with Gasteiger partial charge in [0, 0.05) is 0 Å². The van der Waals surface area contributed by atoms with Crippen LogP contribution in [0.1, 0.15) is 19.3 Å². The van der Waals surface area contributed by atoms with Gasteiger partial charge in [-0.25, -0.2) is 0 Å². The second kappa shape index (κ2) is 5.29. The first-order valence-electron chi connectivity index (χ1n) is 3.52. The zero-order valence-electron chi connectivity index (χ0n) is 6.60. The number of amidine groups is 1. The van der Waals surface area contributed by atoms with E-state index in [0.29, 0.717) is 19.3 Å². The fraction of sp³-hybridized carbons (Fsp3) is 0.667. The molecule has 0 fully saturated rings. The van der Waals surface area contributed by atoms with Gasteiger partial charge >= 0.3 is 11.8 Å². The van der Waals surface area contributed by atoms with Crippen LogP contribution in [0, 0.1) is 0 Å². The molecule has 0 bridgehead atoms. The van der Waals surface area contributed by atoms with E-state index < -0.39 is 12.0 Å². The Bertz CT molecular complexity index is 210. The molecule has 0 aromatic carbocycles. The van der Waals surface area contributed by atoms with E-state index in [1.54, 1.807) is 0 Å². The lowest BCUT2D eigenvalue weighted by Gasteiger charge is -2.02. The summed E-state index contributed by atoms with van der Waals surface area (Å²) in [5.74, 6) is -0.943. The molecule has 0 rings (SSSR count). The number of rotatable bonds is 5. The van der Waals surface area contributed by atoms with E-state index in [2.05, 4.69) is 4.79 Å². The smallest absolute Gasteiger partial charge is 0.324 e. The first-order chi connectivity index (χ1) is 5.57. The molecule has 0 aliphatic heterocycles. The predicted octanol–water partition coefficient (Wildman–Crippen LogP) is -0.844. The van der Waals surface area contributed by atoms with E-state index in [-0.39, 0.29) is 5.84 Å². The summed E-state index contributed by atoms with van der Waals surface area (Å²) in [6, 6.07) is -0.864.